The lowest BCUT2D eigenvalue weighted by atomic mass is 9.95. The zero-order valence-corrected chi connectivity index (χ0v) is 9.62. The Kier molecular flexibility index (Phi) is 3.75. The van der Waals surface area contributed by atoms with Gasteiger partial charge in [-0.05, 0) is 18.2 Å². The van der Waals surface area contributed by atoms with Crippen molar-refractivity contribution < 1.29 is 5.11 Å². The van der Waals surface area contributed by atoms with Crippen LogP contribution in [0.2, 0.25) is 0 Å². The molecule has 0 radical (unpaired) electrons. The Hall–Kier alpha value is -1.73. The Balaban J connectivity index is 2.70. The number of nitrogen functional groups attached to an aromatic ring is 1. The summed E-state index contributed by atoms with van der Waals surface area (Å²) in [5.41, 5.74) is 7.32. The van der Waals surface area contributed by atoms with E-state index >= 15 is 0 Å². The van der Waals surface area contributed by atoms with E-state index in [4.69, 9.17) is 16.1 Å². The molecule has 1 aromatic carbocycles. The first kappa shape index (κ1) is 12.3. The van der Waals surface area contributed by atoms with Crippen LogP contribution in [0.5, 0.6) is 0 Å². The Morgan fingerprint density at radius 1 is 1.50 bits per heavy atom. The molecule has 0 aromatic heterocycles. The van der Waals surface area contributed by atoms with Crippen molar-refractivity contribution in [1.82, 2.24) is 0 Å². The maximum Gasteiger partial charge on any atom is 0.101 e. The molecule has 0 spiro atoms. The number of benzene rings is 1. The molecule has 0 bridgehead atoms. The summed E-state index contributed by atoms with van der Waals surface area (Å²) < 4.78 is 0. The molecule has 4 N–H and O–H groups in total. The Morgan fingerprint density at radius 3 is 2.69 bits per heavy atom. The van der Waals surface area contributed by atoms with Gasteiger partial charge in [0.2, 0.25) is 0 Å². The van der Waals surface area contributed by atoms with E-state index in [1.807, 2.05) is 26.0 Å². The minimum atomic E-state index is -0.178. The van der Waals surface area contributed by atoms with Crippen LogP contribution in [-0.4, -0.2) is 18.3 Å². The van der Waals surface area contributed by atoms with Crippen LogP contribution < -0.4 is 11.1 Å². The summed E-state index contributed by atoms with van der Waals surface area (Å²) >= 11 is 0. The lowest BCUT2D eigenvalue weighted by molar-refractivity contribution is 0.171. The first-order chi connectivity index (χ1) is 7.48. The number of hydrogen-bond donors (Lipinski definition) is 3. The zero-order valence-electron chi connectivity index (χ0n) is 9.62. The molecule has 0 saturated heterocycles. The fraction of sp³-hybridized carbons (Fsp3) is 0.417. The predicted octanol–water partition coefficient (Wildman–Crippen LogP) is 1.57. The van der Waals surface area contributed by atoms with E-state index in [1.165, 1.54) is 0 Å². The van der Waals surface area contributed by atoms with Gasteiger partial charge in [-0.1, -0.05) is 13.8 Å². The van der Waals surface area contributed by atoms with Crippen LogP contribution in [0.1, 0.15) is 19.4 Å². The van der Waals surface area contributed by atoms with E-state index in [2.05, 4.69) is 5.32 Å². The molecule has 0 fully saturated rings. The molecular weight excluding hydrogens is 202 g/mol. The van der Waals surface area contributed by atoms with Crippen LogP contribution in [0, 0.1) is 16.7 Å². The first-order valence-corrected chi connectivity index (χ1v) is 5.13. The van der Waals surface area contributed by atoms with Crippen LogP contribution in [0.15, 0.2) is 18.2 Å². The van der Waals surface area contributed by atoms with E-state index in [1.54, 1.807) is 12.1 Å². The zero-order chi connectivity index (χ0) is 12.2. The van der Waals surface area contributed by atoms with Gasteiger partial charge in [0.25, 0.3) is 0 Å². The van der Waals surface area contributed by atoms with Crippen LogP contribution in [0.4, 0.5) is 11.4 Å². The van der Waals surface area contributed by atoms with Gasteiger partial charge in [0.1, 0.15) is 6.07 Å². The molecule has 0 amide bonds. The van der Waals surface area contributed by atoms with Gasteiger partial charge in [-0.15, -0.1) is 0 Å². The molecule has 0 saturated carbocycles. The van der Waals surface area contributed by atoms with Crippen molar-refractivity contribution in [3.05, 3.63) is 23.8 Å². The molecule has 0 heterocycles. The fourth-order valence-electron chi connectivity index (χ4n) is 1.17. The highest BCUT2D eigenvalue weighted by Gasteiger charge is 2.15. The highest BCUT2D eigenvalue weighted by molar-refractivity contribution is 5.62. The highest BCUT2D eigenvalue weighted by atomic mass is 16.3. The number of aliphatic hydroxyl groups is 1. The SMILES string of the molecule is CC(C)(CO)CNc1ccc(C#N)c(N)c1. The molecule has 0 aliphatic carbocycles. The number of anilines is 2. The van der Waals surface area contributed by atoms with Crippen molar-refractivity contribution >= 4 is 11.4 Å². The summed E-state index contributed by atoms with van der Waals surface area (Å²) in [5.74, 6) is 0. The standard InChI is InChI=1S/C12H17N3O/c1-12(2,8-16)7-15-10-4-3-9(6-13)11(14)5-10/h3-5,15-16H,7-8,14H2,1-2H3. The second kappa shape index (κ2) is 4.86. The minimum Gasteiger partial charge on any atom is -0.398 e. The van der Waals surface area contributed by atoms with Gasteiger partial charge < -0.3 is 16.2 Å². The molecule has 0 aliphatic heterocycles. The molecule has 4 nitrogen and oxygen atoms in total. The van der Waals surface area contributed by atoms with E-state index in [-0.39, 0.29) is 12.0 Å². The van der Waals surface area contributed by atoms with E-state index in [9.17, 15) is 0 Å². The average molecular weight is 219 g/mol. The van der Waals surface area contributed by atoms with Gasteiger partial charge in [-0.25, -0.2) is 0 Å². The van der Waals surface area contributed by atoms with Gasteiger partial charge in [0.15, 0.2) is 0 Å². The van der Waals surface area contributed by atoms with Crippen LogP contribution in [0.25, 0.3) is 0 Å². The first-order valence-electron chi connectivity index (χ1n) is 5.13. The van der Waals surface area contributed by atoms with Crippen LogP contribution >= 0.6 is 0 Å². The van der Waals surface area contributed by atoms with Crippen molar-refractivity contribution in [3.8, 4) is 6.07 Å². The largest absolute Gasteiger partial charge is 0.398 e. The third kappa shape index (κ3) is 3.14. The third-order valence-corrected chi connectivity index (χ3v) is 2.37. The summed E-state index contributed by atoms with van der Waals surface area (Å²) in [5, 5.41) is 21.0. The van der Waals surface area contributed by atoms with Crippen molar-refractivity contribution in [3.63, 3.8) is 0 Å². The summed E-state index contributed by atoms with van der Waals surface area (Å²) in [6.45, 7) is 4.70. The molecule has 4 heteroatoms. The number of nitriles is 1. The van der Waals surface area contributed by atoms with Gasteiger partial charge >= 0.3 is 0 Å². The molecule has 0 atom stereocenters. The number of nitrogens with zero attached hydrogens (tertiary/aromatic N) is 1. The number of nitrogens with two attached hydrogens (primary N) is 1. The summed E-state index contributed by atoms with van der Waals surface area (Å²) in [6, 6.07) is 7.23. The number of rotatable bonds is 4. The second-order valence-electron chi connectivity index (χ2n) is 4.59. The normalized spacial score (nSPS) is 10.9. The average Bonchev–Trinajstić information content (AvgIpc) is 2.27. The summed E-state index contributed by atoms with van der Waals surface area (Å²) in [7, 11) is 0. The number of aliphatic hydroxyl groups excluding tert-OH is 1. The van der Waals surface area contributed by atoms with E-state index < -0.39 is 0 Å². The van der Waals surface area contributed by atoms with Crippen molar-refractivity contribution in [2.45, 2.75) is 13.8 Å². The number of nitrogens with one attached hydrogen (secondary N) is 1. The maximum atomic E-state index is 9.10. The molecule has 1 rings (SSSR count). The van der Waals surface area contributed by atoms with Crippen LogP contribution in [0.3, 0.4) is 0 Å². The number of hydrogen-bond acceptors (Lipinski definition) is 4. The molecular formula is C12H17N3O. The Labute approximate surface area is 95.7 Å². The molecule has 16 heavy (non-hydrogen) atoms. The molecule has 0 unspecified atom stereocenters. The Bertz CT molecular complexity index is 407. The highest BCUT2D eigenvalue weighted by Crippen LogP contribution is 2.20. The summed E-state index contributed by atoms with van der Waals surface area (Å²) in [6.07, 6.45) is 0. The van der Waals surface area contributed by atoms with Gasteiger partial charge in [-0.3, -0.25) is 0 Å². The predicted molar refractivity (Wildman–Crippen MR) is 64.9 cm³/mol. The topological polar surface area (TPSA) is 82.1 Å². The monoisotopic (exact) mass is 219 g/mol. The van der Waals surface area contributed by atoms with Crippen molar-refractivity contribution in [2.24, 2.45) is 5.41 Å². The lowest BCUT2D eigenvalue weighted by Gasteiger charge is -2.22. The van der Waals surface area contributed by atoms with Gasteiger partial charge in [0, 0.05) is 24.3 Å². The second-order valence-corrected chi connectivity index (χ2v) is 4.59. The maximum absolute atomic E-state index is 9.10. The van der Waals surface area contributed by atoms with E-state index in [0.29, 0.717) is 17.8 Å². The quantitative estimate of drug-likeness (QED) is 0.671. The molecule has 1 aromatic rings. The lowest BCUT2D eigenvalue weighted by Crippen LogP contribution is -2.26. The molecule has 86 valence electrons. The Morgan fingerprint density at radius 2 is 2.19 bits per heavy atom. The van der Waals surface area contributed by atoms with Gasteiger partial charge in [0.05, 0.1) is 11.3 Å². The smallest absolute Gasteiger partial charge is 0.101 e. The van der Waals surface area contributed by atoms with Crippen molar-refractivity contribution in [2.75, 3.05) is 24.2 Å². The third-order valence-electron chi connectivity index (χ3n) is 2.37. The van der Waals surface area contributed by atoms with Crippen molar-refractivity contribution in [1.29, 1.82) is 5.26 Å². The minimum absolute atomic E-state index is 0.117. The van der Waals surface area contributed by atoms with Gasteiger partial charge in [-0.2, -0.15) is 5.26 Å². The summed E-state index contributed by atoms with van der Waals surface area (Å²) in [4.78, 5) is 0. The fourth-order valence-corrected chi connectivity index (χ4v) is 1.17. The molecule has 0 aliphatic rings. The van der Waals surface area contributed by atoms with E-state index in [0.717, 1.165) is 5.69 Å². The van der Waals surface area contributed by atoms with Crippen LogP contribution in [-0.2, 0) is 0 Å².